The maximum atomic E-state index is 8.77. The lowest BCUT2D eigenvalue weighted by Crippen LogP contribution is -2.34. The topological polar surface area (TPSA) is 88.3 Å². The van der Waals surface area contributed by atoms with E-state index in [0.717, 1.165) is 0 Å². The SMILES string of the molecule is COCCN(N)c1nc2cc(C#N)ccc2o1. The standard InChI is InChI=1S/C11H12N4O2/c1-16-5-4-15(13)11-14-9-6-8(7-12)2-3-10(9)17-11/h2-3,6H,4-5,13H2,1H3. The molecule has 6 heteroatoms. The van der Waals surface area contributed by atoms with Gasteiger partial charge in [-0.2, -0.15) is 10.2 Å². The van der Waals surface area contributed by atoms with Gasteiger partial charge in [0.1, 0.15) is 5.52 Å². The fourth-order valence-corrected chi connectivity index (χ4v) is 1.39. The van der Waals surface area contributed by atoms with Gasteiger partial charge in [-0.05, 0) is 18.2 Å². The van der Waals surface area contributed by atoms with Crippen LogP contribution in [0, 0.1) is 11.3 Å². The number of hydrazine groups is 1. The van der Waals surface area contributed by atoms with Crippen molar-refractivity contribution < 1.29 is 9.15 Å². The van der Waals surface area contributed by atoms with Gasteiger partial charge in [0.15, 0.2) is 5.58 Å². The van der Waals surface area contributed by atoms with Crippen LogP contribution in [-0.2, 0) is 4.74 Å². The molecule has 17 heavy (non-hydrogen) atoms. The smallest absolute Gasteiger partial charge is 0.313 e. The number of nitrogens with zero attached hydrogens (tertiary/aromatic N) is 3. The predicted molar refractivity (Wildman–Crippen MR) is 62.1 cm³/mol. The Morgan fingerprint density at radius 2 is 2.41 bits per heavy atom. The molecule has 0 unspecified atom stereocenters. The highest BCUT2D eigenvalue weighted by Crippen LogP contribution is 2.21. The van der Waals surface area contributed by atoms with Crippen LogP contribution in [0.25, 0.3) is 11.1 Å². The largest absolute Gasteiger partial charge is 0.422 e. The van der Waals surface area contributed by atoms with Gasteiger partial charge in [0.2, 0.25) is 0 Å². The Labute approximate surface area is 98.2 Å². The summed E-state index contributed by atoms with van der Waals surface area (Å²) in [5.41, 5.74) is 1.76. The Balaban J connectivity index is 2.28. The summed E-state index contributed by atoms with van der Waals surface area (Å²) in [6.45, 7) is 0.965. The van der Waals surface area contributed by atoms with Crippen LogP contribution in [0.1, 0.15) is 5.56 Å². The summed E-state index contributed by atoms with van der Waals surface area (Å²) < 4.78 is 10.4. The normalized spacial score (nSPS) is 10.4. The number of oxazole rings is 1. The molecule has 2 N–H and O–H groups in total. The quantitative estimate of drug-likeness (QED) is 0.625. The average Bonchev–Trinajstić information content (AvgIpc) is 2.78. The molecule has 0 atom stereocenters. The molecule has 0 bridgehead atoms. The Bertz CT molecular complexity index is 558. The number of benzene rings is 1. The number of methoxy groups -OCH3 is 1. The van der Waals surface area contributed by atoms with E-state index in [9.17, 15) is 0 Å². The third kappa shape index (κ3) is 2.36. The molecule has 0 saturated heterocycles. The van der Waals surface area contributed by atoms with Crippen molar-refractivity contribution in [3.63, 3.8) is 0 Å². The molecule has 0 fully saturated rings. The van der Waals surface area contributed by atoms with Gasteiger partial charge >= 0.3 is 6.01 Å². The zero-order chi connectivity index (χ0) is 12.3. The van der Waals surface area contributed by atoms with Crippen molar-refractivity contribution in [2.45, 2.75) is 0 Å². The number of anilines is 1. The molecule has 6 nitrogen and oxygen atoms in total. The van der Waals surface area contributed by atoms with Crippen LogP contribution in [0.4, 0.5) is 6.01 Å². The van der Waals surface area contributed by atoms with Crippen LogP contribution < -0.4 is 10.9 Å². The van der Waals surface area contributed by atoms with Crippen molar-refractivity contribution in [2.24, 2.45) is 5.84 Å². The first-order chi connectivity index (χ1) is 8.24. The highest BCUT2D eigenvalue weighted by molar-refractivity contribution is 5.76. The summed E-state index contributed by atoms with van der Waals surface area (Å²) in [4.78, 5) is 4.20. The number of hydrogen-bond donors (Lipinski definition) is 1. The van der Waals surface area contributed by atoms with E-state index in [1.807, 2.05) is 6.07 Å². The van der Waals surface area contributed by atoms with E-state index < -0.39 is 0 Å². The molecule has 1 aromatic heterocycles. The lowest BCUT2D eigenvalue weighted by Gasteiger charge is -2.12. The first-order valence-electron chi connectivity index (χ1n) is 5.06. The molecule has 2 aromatic rings. The minimum atomic E-state index is 0.312. The molecular weight excluding hydrogens is 220 g/mol. The van der Waals surface area contributed by atoms with Crippen LogP contribution in [0.3, 0.4) is 0 Å². The maximum absolute atomic E-state index is 8.77. The molecule has 0 radical (unpaired) electrons. The summed E-state index contributed by atoms with van der Waals surface area (Å²) in [6.07, 6.45) is 0. The van der Waals surface area contributed by atoms with Gasteiger partial charge in [0.05, 0.1) is 24.8 Å². The molecule has 2 rings (SSSR count). The fourth-order valence-electron chi connectivity index (χ4n) is 1.39. The van der Waals surface area contributed by atoms with E-state index >= 15 is 0 Å². The third-order valence-corrected chi connectivity index (χ3v) is 2.29. The summed E-state index contributed by atoms with van der Waals surface area (Å²) in [6, 6.07) is 7.39. The first-order valence-corrected chi connectivity index (χ1v) is 5.06. The maximum Gasteiger partial charge on any atom is 0.313 e. The number of nitriles is 1. The molecule has 0 aliphatic heterocycles. The molecule has 0 amide bonds. The highest BCUT2D eigenvalue weighted by Gasteiger charge is 2.10. The van der Waals surface area contributed by atoms with Crippen molar-refractivity contribution in [1.82, 2.24) is 4.98 Å². The summed E-state index contributed by atoms with van der Waals surface area (Å²) in [5.74, 6) is 5.75. The minimum Gasteiger partial charge on any atom is -0.422 e. The minimum absolute atomic E-state index is 0.312. The van der Waals surface area contributed by atoms with Crippen molar-refractivity contribution in [3.8, 4) is 6.07 Å². The second-order valence-corrected chi connectivity index (χ2v) is 3.48. The second-order valence-electron chi connectivity index (χ2n) is 3.48. The lowest BCUT2D eigenvalue weighted by molar-refractivity contribution is 0.204. The van der Waals surface area contributed by atoms with Gasteiger partial charge in [-0.25, -0.2) is 5.84 Å². The van der Waals surface area contributed by atoms with E-state index in [-0.39, 0.29) is 0 Å². The summed E-state index contributed by atoms with van der Waals surface area (Å²) in [5, 5.41) is 10.1. The number of nitrogens with two attached hydrogens (primary N) is 1. The number of hydrogen-bond acceptors (Lipinski definition) is 6. The predicted octanol–water partition coefficient (Wildman–Crippen LogP) is 1.03. The average molecular weight is 232 g/mol. The van der Waals surface area contributed by atoms with Crippen LogP contribution in [0.2, 0.25) is 0 Å². The van der Waals surface area contributed by atoms with Gasteiger partial charge in [-0.3, -0.25) is 5.01 Å². The Kier molecular flexibility index (Phi) is 3.23. The fraction of sp³-hybridized carbons (Fsp3) is 0.273. The van der Waals surface area contributed by atoms with Crippen molar-refractivity contribution >= 4 is 17.1 Å². The van der Waals surface area contributed by atoms with Crippen LogP contribution >= 0.6 is 0 Å². The molecule has 88 valence electrons. The number of aromatic nitrogens is 1. The lowest BCUT2D eigenvalue weighted by atomic mass is 10.2. The molecule has 0 aliphatic carbocycles. The zero-order valence-corrected chi connectivity index (χ0v) is 9.38. The molecule has 1 heterocycles. The second kappa shape index (κ2) is 4.82. The molecule has 0 saturated carbocycles. The van der Waals surface area contributed by atoms with Crippen molar-refractivity contribution in [3.05, 3.63) is 23.8 Å². The van der Waals surface area contributed by atoms with Gasteiger partial charge in [-0.1, -0.05) is 0 Å². The number of fused-ring (bicyclic) bond motifs is 1. The first kappa shape index (κ1) is 11.4. The van der Waals surface area contributed by atoms with E-state index in [0.29, 0.717) is 35.8 Å². The van der Waals surface area contributed by atoms with Gasteiger partial charge in [-0.15, -0.1) is 0 Å². The van der Waals surface area contributed by atoms with Crippen LogP contribution in [-0.4, -0.2) is 25.2 Å². The number of ether oxygens (including phenoxy) is 1. The van der Waals surface area contributed by atoms with E-state index in [2.05, 4.69) is 4.98 Å². The Morgan fingerprint density at radius 3 is 3.12 bits per heavy atom. The Morgan fingerprint density at radius 1 is 1.59 bits per heavy atom. The van der Waals surface area contributed by atoms with Gasteiger partial charge in [0, 0.05) is 7.11 Å². The molecule has 0 spiro atoms. The van der Waals surface area contributed by atoms with E-state index in [4.69, 9.17) is 20.3 Å². The van der Waals surface area contributed by atoms with Gasteiger partial charge in [0.25, 0.3) is 0 Å². The van der Waals surface area contributed by atoms with E-state index in [1.165, 1.54) is 5.01 Å². The summed E-state index contributed by atoms with van der Waals surface area (Å²) >= 11 is 0. The van der Waals surface area contributed by atoms with Crippen molar-refractivity contribution in [2.75, 3.05) is 25.3 Å². The van der Waals surface area contributed by atoms with E-state index in [1.54, 1.807) is 25.3 Å². The van der Waals surface area contributed by atoms with Gasteiger partial charge < -0.3 is 9.15 Å². The molecular formula is C11H12N4O2. The van der Waals surface area contributed by atoms with Crippen LogP contribution in [0.15, 0.2) is 22.6 Å². The van der Waals surface area contributed by atoms with Crippen LogP contribution in [0.5, 0.6) is 0 Å². The monoisotopic (exact) mass is 232 g/mol. The Hall–Kier alpha value is -2.10. The highest BCUT2D eigenvalue weighted by atomic mass is 16.5. The third-order valence-electron chi connectivity index (χ3n) is 2.29. The van der Waals surface area contributed by atoms with Crippen molar-refractivity contribution in [1.29, 1.82) is 5.26 Å². The molecule has 1 aromatic carbocycles. The molecule has 0 aliphatic rings. The zero-order valence-electron chi connectivity index (χ0n) is 9.38. The summed E-state index contributed by atoms with van der Waals surface area (Å²) in [7, 11) is 1.60. The number of rotatable bonds is 4.